The van der Waals surface area contributed by atoms with E-state index in [1.165, 1.54) is 0 Å². The van der Waals surface area contributed by atoms with Gasteiger partial charge in [-0.05, 0) is 12.1 Å². The molecule has 0 saturated carbocycles. The van der Waals surface area contributed by atoms with E-state index in [9.17, 15) is 4.79 Å². The van der Waals surface area contributed by atoms with E-state index in [4.69, 9.17) is 16.2 Å². The summed E-state index contributed by atoms with van der Waals surface area (Å²) in [4.78, 5) is 15.4. The Labute approximate surface area is 162 Å². The average molecular weight is 378 g/mol. The molecular weight excluding hydrogens is 356 g/mol. The molecule has 0 spiro atoms. The number of benzene rings is 1. The average Bonchev–Trinajstić information content (AvgIpc) is 3.11. The van der Waals surface area contributed by atoms with Crippen LogP contribution in [-0.4, -0.2) is 36.7 Å². The maximum atomic E-state index is 10.8. The molecule has 4 N–H and O–H groups in total. The minimum Gasteiger partial charge on any atom is -0.481 e. The predicted octanol–water partition coefficient (Wildman–Crippen LogP) is 2.75. The lowest BCUT2D eigenvalue weighted by Gasteiger charge is -2.09. The quantitative estimate of drug-likeness (QED) is 0.428. The number of nitrogens with one attached hydrogen (secondary N) is 1. The molecule has 0 atom stereocenters. The summed E-state index contributed by atoms with van der Waals surface area (Å²) in [7, 11) is 0. The topological polar surface area (TPSA) is 131 Å². The van der Waals surface area contributed by atoms with Gasteiger partial charge in [0.15, 0.2) is 5.82 Å². The first-order valence-corrected chi connectivity index (χ1v) is 8.94. The molecule has 3 rings (SSSR count). The number of carbonyl (C=O) groups is 1. The van der Waals surface area contributed by atoms with Crippen molar-refractivity contribution in [1.29, 1.82) is 5.41 Å². The SMILES string of the molecule is CC(C)c1nc(CCC(=O)O)cn1-c1ccc(-c2ccc(C(=N)N)cc2)nn1. The zero-order valence-corrected chi connectivity index (χ0v) is 15.8. The van der Waals surface area contributed by atoms with Gasteiger partial charge in [-0.3, -0.25) is 14.8 Å². The van der Waals surface area contributed by atoms with Gasteiger partial charge in [-0.15, -0.1) is 10.2 Å². The number of nitrogen functional groups attached to an aromatic ring is 1. The van der Waals surface area contributed by atoms with Crippen LogP contribution in [0, 0.1) is 5.41 Å². The monoisotopic (exact) mass is 378 g/mol. The Morgan fingerprint density at radius 1 is 1.18 bits per heavy atom. The van der Waals surface area contributed by atoms with E-state index >= 15 is 0 Å². The van der Waals surface area contributed by atoms with Crippen molar-refractivity contribution in [3.8, 4) is 17.1 Å². The van der Waals surface area contributed by atoms with Gasteiger partial charge in [0.1, 0.15) is 11.7 Å². The van der Waals surface area contributed by atoms with Crippen LogP contribution in [0.5, 0.6) is 0 Å². The Morgan fingerprint density at radius 3 is 2.43 bits per heavy atom. The molecule has 2 heterocycles. The van der Waals surface area contributed by atoms with Crippen molar-refractivity contribution in [2.75, 3.05) is 0 Å². The molecule has 2 aromatic heterocycles. The molecule has 0 aliphatic carbocycles. The van der Waals surface area contributed by atoms with E-state index in [1.807, 2.05) is 48.9 Å². The lowest BCUT2D eigenvalue weighted by Crippen LogP contribution is -2.10. The van der Waals surface area contributed by atoms with Gasteiger partial charge in [-0.1, -0.05) is 38.1 Å². The fourth-order valence-electron chi connectivity index (χ4n) is 2.82. The standard InChI is InChI=1S/C20H22N6O2/c1-12(2)20-23-15(7-10-18(27)28)11-26(20)17-9-8-16(24-25-17)13-3-5-14(6-4-13)19(21)22/h3-6,8-9,11-12H,7,10H2,1-2H3,(H3,21,22)(H,27,28). The Kier molecular flexibility index (Phi) is 5.49. The van der Waals surface area contributed by atoms with Crippen molar-refractivity contribution in [3.63, 3.8) is 0 Å². The van der Waals surface area contributed by atoms with Gasteiger partial charge in [0.25, 0.3) is 0 Å². The zero-order valence-electron chi connectivity index (χ0n) is 15.8. The van der Waals surface area contributed by atoms with Crippen LogP contribution in [0.3, 0.4) is 0 Å². The van der Waals surface area contributed by atoms with Crippen LogP contribution < -0.4 is 5.73 Å². The lowest BCUT2D eigenvalue weighted by atomic mass is 10.1. The van der Waals surface area contributed by atoms with Crippen molar-refractivity contribution in [2.24, 2.45) is 5.73 Å². The van der Waals surface area contributed by atoms with E-state index in [0.717, 1.165) is 17.1 Å². The van der Waals surface area contributed by atoms with Crippen LogP contribution >= 0.6 is 0 Å². The molecule has 0 saturated heterocycles. The van der Waals surface area contributed by atoms with E-state index in [2.05, 4.69) is 15.2 Å². The molecule has 8 heteroatoms. The minimum atomic E-state index is -0.847. The number of nitrogens with two attached hydrogens (primary N) is 1. The lowest BCUT2D eigenvalue weighted by molar-refractivity contribution is -0.136. The third-order valence-electron chi connectivity index (χ3n) is 4.28. The number of imidazole rings is 1. The van der Waals surface area contributed by atoms with Crippen molar-refractivity contribution in [3.05, 3.63) is 59.7 Å². The maximum absolute atomic E-state index is 10.8. The highest BCUT2D eigenvalue weighted by Crippen LogP contribution is 2.21. The Morgan fingerprint density at radius 2 is 1.89 bits per heavy atom. The Balaban J connectivity index is 1.88. The molecule has 28 heavy (non-hydrogen) atoms. The van der Waals surface area contributed by atoms with Crippen molar-refractivity contribution >= 4 is 11.8 Å². The van der Waals surface area contributed by atoms with Crippen molar-refractivity contribution in [1.82, 2.24) is 19.7 Å². The third kappa shape index (κ3) is 4.22. The first-order chi connectivity index (χ1) is 13.3. The molecule has 1 aromatic carbocycles. The first kappa shape index (κ1) is 19.2. The highest BCUT2D eigenvalue weighted by molar-refractivity contribution is 5.95. The smallest absolute Gasteiger partial charge is 0.303 e. The van der Waals surface area contributed by atoms with Crippen LogP contribution in [-0.2, 0) is 11.2 Å². The van der Waals surface area contributed by atoms with E-state index in [-0.39, 0.29) is 18.2 Å². The number of rotatable bonds is 7. The summed E-state index contributed by atoms with van der Waals surface area (Å²) in [5.41, 5.74) is 8.43. The number of hydrogen-bond acceptors (Lipinski definition) is 5. The number of amidine groups is 1. The number of carboxylic acids is 1. The van der Waals surface area contributed by atoms with E-state index < -0.39 is 5.97 Å². The van der Waals surface area contributed by atoms with Gasteiger partial charge in [0.05, 0.1) is 17.8 Å². The summed E-state index contributed by atoms with van der Waals surface area (Å²) in [5, 5.41) is 25.0. The highest BCUT2D eigenvalue weighted by Gasteiger charge is 2.15. The van der Waals surface area contributed by atoms with E-state index in [1.54, 1.807) is 12.1 Å². The van der Waals surface area contributed by atoms with Gasteiger partial charge in [0, 0.05) is 29.7 Å². The summed E-state index contributed by atoms with van der Waals surface area (Å²) in [6.07, 6.45) is 2.23. The molecule has 3 aromatic rings. The van der Waals surface area contributed by atoms with Gasteiger partial charge < -0.3 is 10.8 Å². The van der Waals surface area contributed by atoms with Gasteiger partial charge in [-0.25, -0.2) is 4.98 Å². The summed E-state index contributed by atoms with van der Waals surface area (Å²) in [6, 6.07) is 11.0. The second-order valence-electron chi connectivity index (χ2n) is 6.78. The van der Waals surface area contributed by atoms with Crippen LogP contribution in [0.2, 0.25) is 0 Å². The Bertz CT molecular complexity index is 991. The van der Waals surface area contributed by atoms with Crippen LogP contribution in [0.1, 0.15) is 43.3 Å². The molecule has 0 aliphatic rings. The molecular formula is C20H22N6O2. The van der Waals surface area contributed by atoms with Crippen molar-refractivity contribution in [2.45, 2.75) is 32.6 Å². The predicted molar refractivity (Wildman–Crippen MR) is 106 cm³/mol. The summed E-state index contributed by atoms with van der Waals surface area (Å²) in [5.74, 6) is 0.767. The van der Waals surface area contributed by atoms with Gasteiger partial charge >= 0.3 is 5.97 Å². The maximum Gasteiger partial charge on any atom is 0.303 e. The number of nitrogens with zero attached hydrogens (tertiary/aromatic N) is 4. The number of aryl methyl sites for hydroxylation is 1. The molecule has 0 radical (unpaired) electrons. The number of aliphatic carboxylic acids is 1. The highest BCUT2D eigenvalue weighted by atomic mass is 16.4. The summed E-state index contributed by atoms with van der Waals surface area (Å²) < 4.78 is 1.86. The first-order valence-electron chi connectivity index (χ1n) is 8.94. The number of aromatic nitrogens is 4. The van der Waals surface area contributed by atoms with Crippen LogP contribution in [0.25, 0.3) is 17.1 Å². The minimum absolute atomic E-state index is 0.0213. The number of carboxylic acid groups (broad SMARTS) is 1. The van der Waals surface area contributed by atoms with Crippen LogP contribution in [0.4, 0.5) is 0 Å². The molecule has 0 bridgehead atoms. The van der Waals surface area contributed by atoms with E-state index in [0.29, 0.717) is 23.5 Å². The summed E-state index contributed by atoms with van der Waals surface area (Å²) >= 11 is 0. The second kappa shape index (κ2) is 7.99. The molecule has 0 fully saturated rings. The van der Waals surface area contributed by atoms with Gasteiger partial charge in [0.2, 0.25) is 0 Å². The molecule has 0 aliphatic heterocycles. The number of hydrogen-bond donors (Lipinski definition) is 3. The zero-order chi connectivity index (χ0) is 20.3. The normalized spacial score (nSPS) is 11.0. The van der Waals surface area contributed by atoms with Crippen molar-refractivity contribution < 1.29 is 9.90 Å². The molecule has 0 unspecified atom stereocenters. The van der Waals surface area contributed by atoms with Gasteiger partial charge in [-0.2, -0.15) is 0 Å². The second-order valence-corrected chi connectivity index (χ2v) is 6.78. The largest absolute Gasteiger partial charge is 0.481 e. The molecule has 144 valence electrons. The van der Waals surface area contributed by atoms with Crippen LogP contribution in [0.15, 0.2) is 42.6 Å². The third-order valence-corrected chi connectivity index (χ3v) is 4.28. The fourth-order valence-corrected chi connectivity index (χ4v) is 2.82. The molecule has 8 nitrogen and oxygen atoms in total. The fraction of sp³-hybridized carbons (Fsp3) is 0.250. The molecule has 0 amide bonds. The summed E-state index contributed by atoms with van der Waals surface area (Å²) in [6.45, 7) is 4.05. The Hall–Kier alpha value is -3.55.